The number of hydrogen-bond donors (Lipinski definition) is 1. The normalized spacial score (nSPS) is 12.8. The Morgan fingerprint density at radius 2 is 1.96 bits per heavy atom. The van der Waals surface area contributed by atoms with Gasteiger partial charge in [-0.3, -0.25) is 4.57 Å². The lowest BCUT2D eigenvalue weighted by atomic mass is 10.1. The van der Waals surface area contributed by atoms with E-state index in [-0.39, 0.29) is 10.5 Å². The van der Waals surface area contributed by atoms with E-state index in [0.717, 1.165) is 16.6 Å². The van der Waals surface area contributed by atoms with E-state index in [0.29, 0.717) is 11.7 Å². The molecule has 0 aliphatic heterocycles. The highest BCUT2D eigenvalue weighted by Gasteiger charge is 2.07. The number of alkyl halides is 2. The Labute approximate surface area is 153 Å². The first kappa shape index (κ1) is 16.8. The van der Waals surface area contributed by atoms with Crippen LogP contribution in [-0.2, 0) is 0 Å². The standard InChI is InChI=1S/C18H17FIN3O/c19-10-12-24-14-7-5-13(6-8-14)15(20)9-11-23-17-4-2-1-3-16(17)22-18(23)21/h1-9,11,15H,10,12H2,(H2,21,22)/b11-9-. The van der Waals surface area contributed by atoms with Crippen LogP contribution in [0.4, 0.5) is 10.3 Å². The average molecular weight is 437 g/mol. The van der Waals surface area contributed by atoms with Crippen molar-refractivity contribution in [3.63, 3.8) is 0 Å². The van der Waals surface area contributed by atoms with Crippen LogP contribution in [0, 0.1) is 0 Å². The summed E-state index contributed by atoms with van der Waals surface area (Å²) in [7, 11) is 0. The molecule has 1 heterocycles. The van der Waals surface area contributed by atoms with Crippen LogP contribution in [0.25, 0.3) is 17.2 Å². The summed E-state index contributed by atoms with van der Waals surface area (Å²) >= 11 is 2.35. The second-order valence-corrected chi connectivity index (χ2v) is 6.52. The van der Waals surface area contributed by atoms with Crippen LogP contribution in [-0.4, -0.2) is 22.8 Å². The molecule has 1 atom stereocenters. The number of ether oxygens (including phenoxy) is 1. The van der Waals surface area contributed by atoms with Crippen LogP contribution in [0.2, 0.25) is 0 Å². The van der Waals surface area contributed by atoms with E-state index in [1.807, 2.05) is 59.3 Å². The quantitative estimate of drug-likeness (QED) is 0.453. The molecule has 1 unspecified atom stereocenters. The first-order chi connectivity index (χ1) is 11.7. The van der Waals surface area contributed by atoms with Gasteiger partial charge in [-0.2, -0.15) is 0 Å². The molecule has 0 aliphatic rings. The molecule has 0 aliphatic carbocycles. The Balaban J connectivity index is 1.77. The fourth-order valence-corrected chi connectivity index (χ4v) is 3.00. The predicted octanol–water partition coefficient (Wildman–Crippen LogP) is 4.61. The molecule has 3 rings (SSSR count). The number of aromatic nitrogens is 2. The molecule has 0 saturated heterocycles. The van der Waals surface area contributed by atoms with Gasteiger partial charge in [0.1, 0.15) is 19.0 Å². The minimum Gasteiger partial charge on any atom is -0.491 e. The van der Waals surface area contributed by atoms with Gasteiger partial charge in [0.05, 0.1) is 15.0 Å². The van der Waals surface area contributed by atoms with Crippen molar-refractivity contribution in [3.05, 3.63) is 60.2 Å². The number of para-hydroxylation sites is 2. The van der Waals surface area contributed by atoms with Gasteiger partial charge in [0.25, 0.3) is 0 Å². The third-order valence-electron chi connectivity index (χ3n) is 3.57. The van der Waals surface area contributed by atoms with Crippen molar-refractivity contribution < 1.29 is 9.13 Å². The Morgan fingerprint density at radius 1 is 1.21 bits per heavy atom. The SMILES string of the molecule is Nc1nc2ccccc2n1/C=C\C(I)c1ccc(OCCF)cc1. The molecular weight excluding hydrogens is 420 g/mol. The molecule has 1 aromatic heterocycles. The van der Waals surface area contributed by atoms with E-state index >= 15 is 0 Å². The zero-order valence-corrected chi connectivity index (χ0v) is 15.1. The van der Waals surface area contributed by atoms with Crippen LogP contribution in [0.5, 0.6) is 5.75 Å². The number of nitrogens with zero attached hydrogens (tertiary/aromatic N) is 2. The number of halogens is 2. The summed E-state index contributed by atoms with van der Waals surface area (Å²) in [5, 5.41) is 0. The number of nitrogens with two attached hydrogens (primary N) is 1. The van der Waals surface area contributed by atoms with Gasteiger partial charge in [0.15, 0.2) is 0 Å². The highest BCUT2D eigenvalue weighted by Crippen LogP contribution is 2.28. The van der Waals surface area contributed by atoms with Gasteiger partial charge in [-0.15, -0.1) is 0 Å². The molecular formula is C18H17FIN3O. The van der Waals surface area contributed by atoms with Crippen molar-refractivity contribution in [3.8, 4) is 5.75 Å². The van der Waals surface area contributed by atoms with Crippen molar-refractivity contribution in [2.75, 3.05) is 19.0 Å². The second-order valence-electron chi connectivity index (χ2n) is 5.18. The van der Waals surface area contributed by atoms with Gasteiger partial charge in [-0.25, -0.2) is 9.37 Å². The maximum atomic E-state index is 12.1. The van der Waals surface area contributed by atoms with Crippen LogP contribution in [0.1, 0.15) is 9.49 Å². The highest BCUT2D eigenvalue weighted by atomic mass is 127. The van der Waals surface area contributed by atoms with Crippen molar-refractivity contribution >= 4 is 45.8 Å². The molecule has 0 radical (unpaired) electrons. The first-order valence-corrected chi connectivity index (χ1v) is 8.77. The molecule has 6 heteroatoms. The molecule has 4 nitrogen and oxygen atoms in total. The number of hydrogen-bond acceptors (Lipinski definition) is 3. The summed E-state index contributed by atoms with van der Waals surface area (Å²) in [5.41, 5.74) is 8.97. The molecule has 2 aromatic carbocycles. The number of imidazole rings is 1. The monoisotopic (exact) mass is 437 g/mol. The van der Waals surface area contributed by atoms with Crippen molar-refractivity contribution in [2.45, 2.75) is 3.92 Å². The topological polar surface area (TPSA) is 53.1 Å². The zero-order chi connectivity index (χ0) is 16.9. The molecule has 124 valence electrons. The van der Waals surface area contributed by atoms with Crippen LogP contribution in [0.15, 0.2) is 54.6 Å². The maximum Gasteiger partial charge on any atom is 0.205 e. The average Bonchev–Trinajstić information content (AvgIpc) is 2.93. The van der Waals surface area contributed by atoms with Crippen molar-refractivity contribution in [1.82, 2.24) is 9.55 Å². The number of allylic oxidation sites excluding steroid dienone is 1. The number of benzene rings is 2. The van der Waals surface area contributed by atoms with Crippen LogP contribution in [0.3, 0.4) is 0 Å². The number of nitrogen functional groups attached to an aromatic ring is 1. The van der Waals surface area contributed by atoms with Crippen molar-refractivity contribution in [2.24, 2.45) is 0 Å². The summed E-state index contributed by atoms with van der Waals surface area (Å²) in [6, 6.07) is 15.5. The molecule has 3 aromatic rings. The Morgan fingerprint density at radius 3 is 2.71 bits per heavy atom. The maximum absolute atomic E-state index is 12.1. The second kappa shape index (κ2) is 7.65. The van der Waals surface area contributed by atoms with Gasteiger partial charge < -0.3 is 10.5 Å². The largest absolute Gasteiger partial charge is 0.491 e. The van der Waals surface area contributed by atoms with Gasteiger partial charge >= 0.3 is 0 Å². The summed E-state index contributed by atoms with van der Waals surface area (Å²) in [6.45, 7) is -0.403. The Hall–Kier alpha value is -2.09. The molecule has 0 amide bonds. The minimum absolute atomic E-state index is 0.0832. The summed E-state index contributed by atoms with van der Waals surface area (Å²) in [6.07, 6.45) is 4.00. The first-order valence-electron chi connectivity index (χ1n) is 7.52. The summed E-state index contributed by atoms with van der Waals surface area (Å²) < 4.78 is 19.4. The molecule has 0 saturated carbocycles. The fourth-order valence-electron chi connectivity index (χ4n) is 2.40. The van der Waals surface area contributed by atoms with E-state index in [9.17, 15) is 4.39 Å². The Kier molecular flexibility index (Phi) is 5.34. The van der Waals surface area contributed by atoms with E-state index < -0.39 is 6.67 Å². The Bertz CT molecular complexity index is 845. The lowest BCUT2D eigenvalue weighted by Gasteiger charge is -2.08. The van der Waals surface area contributed by atoms with E-state index in [4.69, 9.17) is 10.5 Å². The van der Waals surface area contributed by atoms with Gasteiger partial charge in [-0.05, 0) is 29.8 Å². The van der Waals surface area contributed by atoms with Crippen LogP contribution < -0.4 is 10.5 Å². The molecule has 0 fully saturated rings. The van der Waals surface area contributed by atoms with Gasteiger partial charge in [-0.1, -0.05) is 52.9 Å². The van der Waals surface area contributed by atoms with E-state index in [1.54, 1.807) is 0 Å². The third-order valence-corrected chi connectivity index (χ3v) is 4.71. The van der Waals surface area contributed by atoms with Crippen LogP contribution >= 0.6 is 22.6 Å². The minimum atomic E-state index is -0.486. The molecule has 2 N–H and O–H groups in total. The van der Waals surface area contributed by atoms with E-state index in [1.165, 1.54) is 0 Å². The van der Waals surface area contributed by atoms with E-state index in [2.05, 4.69) is 33.7 Å². The number of rotatable bonds is 6. The predicted molar refractivity (Wildman–Crippen MR) is 104 cm³/mol. The third kappa shape index (κ3) is 3.69. The molecule has 0 spiro atoms. The summed E-state index contributed by atoms with van der Waals surface area (Å²) in [4.78, 5) is 4.34. The van der Waals surface area contributed by atoms with Crippen molar-refractivity contribution in [1.29, 1.82) is 0 Å². The lowest BCUT2D eigenvalue weighted by Crippen LogP contribution is -1.98. The lowest BCUT2D eigenvalue weighted by molar-refractivity contribution is 0.273. The molecule has 0 bridgehead atoms. The van der Waals surface area contributed by atoms with Gasteiger partial charge in [0.2, 0.25) is 5.95 Å². The molecule has 24 heavy (non-hydrogen) atoms. The number of fused-ring (bicyclic) bond motifs is 1. The summed E-state index contributed by atoms with van der Waals surface area (Å²) in [5.74, 6) is 1.14. The fraction of sp³-hybridized carbons (Fsp3) is 0.167. The van der Waals surface area contributed by atoms with Gasteiger partial charge in [0, 0.05) is 6.20 Å². The highest BCUT2D eigenvalue weighted by molar-refractivity contribution is 14.1. The smallest absolute Gasteiger partial charge is 0.205 e. The zero-order valence-electron chi connectivity index (χ0n) is 12.9. The number of anilines is 1.